The Balaban J connectivity index is 3.01. The number of hydrogen-bond acceptors (Lipinski definition) is 5. The highest BCUT2D eigenvalue weighted by molar-refractivity contribution is 7.91. The van der Waals surface area contributed by atoms with E-state index in [-0.39, 0.29) is 5.25 Å². The standard InChI is InChI=1S/C12H26N2O3S/c1-4-14(8-9-17-2)12(10-13)7-5-6-11(12)18(3,15)16/h11H,4-10,13H2,1-3H3. The van der Waals surface area contributed by atoms with Crippen LogP contribution in [0.1, 0.15) is 26.2 Å². The van der Waals surface area contributed by atoms with Gasteiger partial charge < -0.3 is 10.5 Å². The molecule has 0 aromatic rings. The van der Waals surface area contributed by atoms with E-state index >= 15 is 0 Å². The van der Waals surface area contributed by atoms with Crippen molar-refractivity contribution in [1.29, 1.82) is 0 Å². The van der Waals surface area contributed by atoms with Crippen LogP contribution in [0.3, 0.4) is 0 Å². The first kappa shape index (κ1) is 15.9. The lowest BCUT2D eigenvalue weighted by Crippen LogP contribution is -2.61. The fourth-order valence-electron chi connectivity index (χ4n) is 3.26. The third-order valence-corrected chi connectivity index (χ3v) is 5.83. The molecule has 0 aliphatic heterocycles. The van der Waals surface area contributed by atoms with Crippen molar-refractivity contribution in [3.05, 3.63) is 0 Å². The molecule has 1 rings (SSSR count). The number of ether oxygens (including phenoxy) is 1. The lowest BCUT2D eigenvalue weighted by atomic mass is 9.94. The summed E-state index contributed by atoms with van der Waals surface area (Å²) < 4.78 is 29.1. The summed E-state index contributed by atoms with van der Waals surface area (Å²) in [5.74, 6) is 0. The Morgan fingerprint density at radius 2 is 2.17 bits per heavy atom. The van der Waals surface area contributed by atoms with Crippen molar-refractivity contribution in [2.24, 2.45) is 5.73 Å². The number of sulfone groups is 1. The Morgan fingerprint density at radius 3 is 2.61 bits per heavy atom. The molecule has 0 amide bonds. The van der Waals surface area contributed by atoms with E-state index in [9.17, 15) is 8.42 Å². The van der Waals surface area contributed by atoms with Crippen LogP contribution < -0.4 is 5.73 Å². The van der Waals surface area contributed by atoms with Gasteiger partial charge in [0.15, 0.2) is 9.84 Å². The largest absolute Gasteiger partial charge is 0.383 e. The van der Waals surface area contributed by atoms with Crippen molar-refractivity contribution in [1.82, 2.24) is 4.90 Å². The molecule has 2 atom stereocenters. The van der Waals surface area contributed by atoms with Crippen molar-refractivity contribution >= 4 is 9.84 Å². The number of nitrogens with two attached hydrogens (primary N) is 1. The van der Waals surface area contributed by atoms with E-state index in [2.05, 4.69) is 4.90 Å². The number of methoxy groups -OCH3 is 1. The summed E-state index contributed by atoms with van der Waals surface area (Å²) in [5, 5.41) is -0.341. The quantitative estimate of drug-likeness (QED) is 0.722. The minimum Gasteiger partial charge on any atom is -0.383 e. The second kappa shape index (κ2) is 6.32. The molecule has 2 unspecified atom stereocenters. The number of hydrogen-bond donors (Lipinski definition) is 1. The van der Waals surface area contributed by atoms with Gasteiger partial charge in [-0.3, -0.25) is 4.90 Å². The van der Waals surface area contributed by atoms with Gasteiger partial charge in [-0.2, -0.15) is 0 Å². The van der Waals surface area contributed by atoms with E-state index in [1.807, 2.05) is 6.92 Å². The molecule has 0 bridgehead atoms. The van der Waals surface area contributed by atoms with Gasteiger partial charge in [-0.25, -0.2) is 8.42 Å². The van der Waals surface area contributed by atoms with Crippen molar-refractivity contribution in [2.75, 3.05) is 39.6 Å². The van der Waals surface area contributed by atoms with Gasteiger partial charge in [0.05, 0.1) is 11.9 Å². The molecule has 0 aromatic heterocycles. The maximum Gasteiger partial charge on any atom is 0.152 e. The SMILES string of the molecule is CCN(CCOC)C1(CN)CCCC1S(C)(=O)=O. The first-order chi connectivity index (χ1) is 8.42. The molecule has 5 nitrogen and oxygen atoms in total. The van der Waals surface area contributed by atoms with Crippen LogP contribution in [-0.2, 0) is 14.6 Å². The Morgan fingerprint density at radius 1 is 1.50 bits per heavy atom. The Hall–Kier alpha value is -0.170. The summed E-state index contributed by atoms with van der Waals surface area (Å²) in [6, 6.07) is 0. The minimum atomic E-state index is -3.06. The summed E-state index contributed by atoms with van der Waals surface area (Å²) in [7, 11) is -1.41. The molecular formula is C12H26N2O3S. The van der Waals surface area contributed by atoms with Gasteiger partial charge in [0.25, 0.3) is 0 Å². The van der Waals surface area contributed by atoms with Gasteiger partial charge in [-0.1, -0.05) is 13.3 Å². The maximum atomic E-state index is 12.0. The second-order valence-corrected chi connectivity index (χ2v) is 7.32. The van der Waals surface area contributed by atoms with E-state index in [4.69, 9.17) is 10.5 Å². The molecule has 0 spiro atoms. The monoisotopic (exact) mass is 278 g/mol. The van der Waals surface area contributed by atoms with E-state index in [1.165, 1.54) is 6.26 Å². The summed E-state index contributed by atoms with van der Waals surface area (Å²) in [6.07, 6.45) is 3.84. The van der Waals surface area contributed by atoms with Gasteiger partial charge in [-0.15, -0.1) is 0 Å². The van der Waals surface area contributed by atoms with Gasteiger partial charge in [0.1, 0.15) is 0 Å². The third-order valence-electron chi connectivity index (χ3n) is 4.12. The van der Waals surface area contributed by atoms with Crippen LogP contribution in [0.5, 0.6) is 0 Å². The zero-order valence-electron chi connectivity index (χ0n) is 11.7. The van der Waals surface area contributed by atoms with E-state index in [1.54, 1.807) is 7.11 Å². The van der Waals surface area contributed by atoms with Crippen LogP contribution in [0.4, 0.5) is 0 Å². The molecule has 108 valence electrons. The smallest absolute Gasteiger partial charge is 0.152 e. The highest BCUT2D eigenvalue weighted by Gasteiger charge is 2.50. The number of nitrogens with zero attached hydrogens (tertiary/aromatic N) is 1. The minimum absolute atomic E-state index is 0.341. The molecule has 1 aliphatic rings. The predicted octanol–water partition coefficient (Wildman–Crippen LogP) is 0.249. The molecule has 2 N–H and O–H groups in total. The van der Waals surface area contributed by atoms with Crippen LogP contribution in [0.15, 0.2) is 0 Å². The average molecular weight is 278 g/mol. The zero-order valence-corrected chi connectivity index (χ0v) is 12.5. The first-order valence-corrected chi connectivity index (χ1v) is 8.50. The topological polar surface area (TPSA) is 72.6 Å². The molecule has 1 aliphatic carbocycles. The number of likely N-dealkylation sites (N-methyl/N-ethyl adjacent to an activating group) is 1. The van der Waals surface area contributed by atoms with Crippen LogP contribution in [0.2, 0.25) is 0 Å². The lowest BCUT2D eigenvalue weighted by Gasteiger charge is -2.43. The molecule has 0 saturated heterocycles. The van der Waals surface area contributed by atoms with Crippen LogP contribution in [0, 0.1) is 0 Å². The molecule has 1 saturated carbocycles. The molecule has 6 heteroatoms. The Labute approximate surface area is 111 Å². The van der Waals surface area contributed by atoms with Gasteiger partial charge >= 0.3 is 0 Å². The molecule has 18 heavy (non-hydrogen) atoms. The molecule has 1 fully saturated rings. The van der Waals surface area contributed by atoms with Crippen LogP contribution in [0.25, 0.3) is 0 Å². The predicted molar refractivity (Wildman–Crippen MR) is 73.4 cm³/mol. The summed E-state index contributed by atoms with van der Waals surface area (Å²) in [5.41, 5.74) is 5.56. The van der Waals surface area contributed by atoms with Crippen molar-refractivity contribution < 1.29 is 13.2 Å². The third kappa shape index (κ3) is 3.04. The van der Waals surface area contributed by atoms with Gasteiger partial charge in [-0.05, 0) is 19.4 Å². The van der Waals surface area contributed by atoms with E-state index < -0.39 is 15.4 Å². The lowest BCUT2D eigenvalue weighted by molar-refractivity contribution is 0.0698. The Kier molecular flexibility index (Phi) is 5.58. The molecular weight excluding hydrogens is 252 g/mol. The van der Waals surface area contributed by atoms with E-state index in [0.29, 0.717) is 13.2 Å². The fourth-order valence-corrected chi connectivity index (χ4v) is 5.01. The summed E-state index contributed by atoms with van der Waals surface area (Å²) in [6.45, 7) is 4.57. The average Bonchev–Trinajstić information content (AvgIpc) is 2.75. The van der Waals surface area contributed by atoms with E-state index in [0.717, 1.165) is 32.4 Å². The van der Waals surface area contributed by atoms with Gasteiger partial charge in [0, 0.05) is 32.0 Å². The van der Waals surface area contributed by atoms with Gasteiger partial charge in [0.2, 0.25) is 0 Å². The summed E-state index contributed by atoms with van der Waals surface area (Å²) >= 11 is 0. The van der Waals surface area contributed by atoms with Crippen molar-refractivity contribution in [3.8, 4) is 0 Å². The molecule has 0 aromatic carbocycles. The van der Waals surface area contributed by atoms with Crippen molar-refractivity contribution in [2.45, 2.75) is 37.0 Å². The fraction of sp³-hybridized carbons (Fsp3) is 1.00. The normalized spacial score (nSPS) is 29.1. The summed E-state index contributed by atoms with van der Waals surface area (Å²) in [4.78, 5) is 2.19. The molecule has 0 heterocycles. The first-order valence-electron chi connectivity index (χ1n) is 6.55. The van der Waals surface area contributed by atoms with Crippen LogP contribution in [-0.4, -0.2) is 63.7 Å². The number of rotatable bonds is 7. The maximum absolute atomic E-state index is 12.0. The van der Waals surface area contributed by atoms with Crippen LogP contribution >= 0.6 is 0 Å². The highest BCUT2D eigenvalue weighted by atomic mass is 32.2. The highest BCUT2D eigenvalue weighted by Crippen LogP contribution is 2.38. The second-order valence-electron chi connectivity index (χ2n) is 5.09. The Bertz CT molecular complexity index is 358. The molecule has 0 radical (unpaired) electrons. The van der Waals surface area contributed by atoms with Crippen molar-refractivity contribution in [3.63, 3.8) is 0 Å². The zero-order chi connectivity index (χ0) is 13.8.